The highest BCUT2D eigenvalue weighted by molar-refractivity contribution is 5.87. The molecule has 0 bridgehead atoms. The number of aromatic nitrogens is 1. The predicted octanol–water partition coefficient (Wildman–Crippen LogP) is 5.79. The number of para-hydroxylation sites is 2. The number of aryl methyl sites for hydroxylation is 1. The number of aromatic hydroxyl groups is 1. The zero-order valence-electron chi connectivity index (χ0n) is 19.6. The van der Waals surface area contributed by atoms with Gasteiger partial charge in [0.1, 0.15) is 17.1 Å². The number of nitrogens with one attached hydrogen (secondary N) is 1. The summed E-state index contributed by atoms with van der Waals surface area (Å²) >= 11 is 0. The monoisotopic (exact) mass is 485 g/mol. The standard InChI is InChI=1S/C29H24FNO5/c1-2-35-24(32)15-14-20-19-10-3-5-12-22(19)31-27(20)25(17-8-7-9-18(30)16-17)26-28(33)21-11-4-6-13-23(21)36-29(26)34/h3-13,16,25,31,33H,2,14-15H2,1H3. The molecule has 0 amide bonds. The summed E-state index contributed by atoms with van der Waals surface area (Å²) in [5, 5.41) is 12.5. The SMILES string of the molecule is CCOC(=O)CCc1c(C(c2cccc(F)c2)c2c(O)c3ccccc3oc2=O)[nH]c2ccccc12. The van der Waals surface area contributed by atoms with E-state index < -0.39 is 17.4 Å². The van der Waals surface area contributed by atoms with E-state index in [1.54, 1.807) is 43.3 Å². The highest BCUT2D eigenvalue weighted by Gasteiger charge is 2.30. The second kappa shape index (κ2) is 9.70. The van der Waals surface area contributed by atoms with Crippen molar-refractivity contribution in [2.24, 2.45) is 0 Å². The van der Waals surface area contributed by atoms with Crippen molar-refractivity contribution in [2.75, 3.05) is 6.61 Å². The molecule has 1 unspecified atom stereocenters. The van der Waals surface area contributed by atoms with E-state index in [4.69, 9.17) is 9.15 Å². The maximum atomic E-state index is 14.4. The number of esters is 1. The normalized spacial score (nSPS) is 12.2. The zero-order chi connectivity index (χ0) is 25.2. The van der Waals surface area contributed by atoms with Crippen molar-refractivity contribution in [3.05, 3.63) is 111 Å². The fraction of sp³-hybridized carbons (Fsp3) is 0.172. The minimum Gasteiger partial charge on any atom is -0.507 e. The molecule has 6 nitrogen and oxygen atoms in total. The second-order valence-electron chi connectivity index (χ2n) is 8.50. The molecule has 2 N–H and O–H groups in total. The molecule has 0 radical (unpaired) electrons. The molecule has 0 fully saturated rings. The maximum Gasteiger partial charge on any atom is 0.344 e. The van der Waals surface area contributed by atoms with Crippen LogP contribution in [0.3, 0.4) is 0 Å². The lowest BCUT2D eigenvalue weighted by Gasteiger charge is -2.20. The van der Waals surface area contributed by atoms with Crippen LogP contribution in [0.5, 0.6) is 5.75 Å². The van der Waals surface area contributed by atoms with E-state index in [1.165, 1.54) is 12.1 Å². The lowest BCUT2D eigenvalue weighted by molar-refractivity contribution is -0.143. The van der Waals surface area contributed by atoms with Gasteiger partial charge in [0.25, 0.3) is 0 Å². The van der Waals surface area contributed by atoms with Crippen LogP contribution in [0.1, 0.15) is 41.6 Å². The second-order valence-corrected chi connectivity index (χ2v) is 8.50. The third-order valence-electron chi connectivity index (χ3n) is 6.31. The van der Waals surface area contributed by atoms with Crippen LogP contribution in [0.4, 0.5) is 4.39 Å². The first kappa shape index (κ1) is 23.4. The molecule has 0 aliphatic rings. The summed E-state index contributed by atoms with van der Waals surface area (Å²) in [6.07, 6.45) is 0.445. The molecule has 0 aliphatic heterocycles. The maximum absolute atomic E-state index is 14.4. The Hall–Kier alpha value is -4.39. The molecule has 5 rings (SSSR count). The Morgan fingerprint density at radius 1 is 1.06 bits per heavy atom. The Morgan fingerprint density at radius 2 is 1.81 bits per heavy atom. The third-order valence-corrected chi connectivity index (χ3v) is 6.31. The number of hydrogen-bond acceptors (Lipinski definition) is 5. The summed E-state index contributed by atoms with van der Waals surface area (Å²) in [7, 11) is 0. The van der Waals surface area contributed by atoms with Crippen molar-refractivity contribution in [1.29, 1.82) is 0 Å². The Morgan fingerprint density at radius 3 is 2.58 bits per heavy atom. The molecule has 0 saturated carbocycles. The first-order valence-corrected chi connectivity index (χ1v) is 11.7. The van der Waals surface area contributed by atoms with E-state index >= 15 is 0 Å². The van der Waals surface area contributed by atoms with Crippen LogP contribution in [0.25, 0.3) is 21.9 Å². The lowest BCUT2D eigenvalue weighted by atomic mass is 9.85. The van der Waals surface area contributed by atoms with E-state index in [1.807, 2.05) is 24.3 Å². The highest BCUT2D eigenvalue weighted by atomic mass is 19.1. The molecule has 2 aromatic heterocycles. The fourth-order valence-corrected chi connectivity index (χ4v) is 4.76. The molecule has 0 spiro atoms. The van der Waals surface area contributed by atoms with Gasteiger partial charge in [-0.05, 0) is 54.8 Å². The molecular formula is C29H24FNO5. The number of carbonyl (C=O) groups is 1. The van der Waals surface area contributed by atoms with E-state index in [2.05, 4.69) is 4.98 Å². The molecule has 0 aliphatic carbocycles. The summed E-state index contributed by atoms with van der Waals surface area (Å²) in [6, 6.07) is 20.2. The number of ether oxygens (including phenoxy) is 1. The van der Waals surface area contributed by atoms with Gasteiger partial charge in [-0.1, -0.05) is 42.5 Å². The Bertz CT molecular complexity index is 1630. The van der Waals surface area contributed by atoms with Crippen LogP contribution in [0.15, 0.2) is 82.0 Å². The van der Waals surface area contributed by atoms with E-state index in [0.717, 1.165) is 16.5 Å². The topological polar surface area (TPSA) is 92.5 Å². The summed E-state index contributed by atoms with van der Waals surface area (Å²) in [5.74, 6) is -1.94. The van der Waals surface area contributed by atoms with Gasteiger partial charge in [0.2, 0.25) is 0 Å². The van der Waals surface area contributed by atoms with Gasteiger partial charge in [0.15, 0.2) is 0 Å². The summed E-state index contributed by atoms with van der Waals surface area (Å²) < 4.78 is 25.1. The number of hydrogen-bond donors (Lipinski definition) is 2. The Balaban J connectivity index is 1.78. The van der Waals surface area contributed by atoms with Crippen LogP contribution >= 0.6 is 0 Å². The molecule has 2 heterocycles. The summed E-state index contributed by atoms with van der Waals surface area (Å²) in [4.78, 5) is 28.9. The zero-order valence-corrected chi connectivity index (χ0v) is 19.6. The quantitative estimate of drug-likeness (QED) is 0.225. The lowest BCUT2D eigenvalue weighted by Crippen LogP contribution is -2.17. The van der Waals surface area contributed by atoms with Gasteiger partial charge in [-0.2, -0.15) is 0 Å². The van der Waals surface area contributed by atoms with Gasteiger partial charge in [-0.3, -0.25) is 4.79 Å². The number of halogens is 1. The van der Waals surface area contributed by atoms with Crippen LogP contribution < -0.4 is 5.63 Å². The van der Waals surface area contributed by atoms with Gasteiger partial charge in [0.05, 0.1) is 23.5 Å². The average Bonchev–Trinajstić information content (AvgIpc) is 3.23. The van der Waals surface area contributed by atoms with Gasteiger partial charge in [-0.15, -0.1) is 0 Å². The number of fused-ring (bicyclic) bond motifs is 2. The minimum atomic E-state index is -0.883. The number of carbonyl (C=O) groups excluding carboxylic acids is 1. The van der Waals surface area contributed by atoms with Gasteiger partial charge in [-0.25, -0.2) is 9.18 Å². The molecule has 182 valence electrons. The number of aromatic amines is 1. The van der Waals surface area contributed by atoms with Crippen molar-refractivity contribution >= 4 is 27.8 Å². The first-order chi connectivity index (χ1) is 17.5. The fourth-order valence-electron chi connectivity index (χ4n) is 4.76. The molecule has 0 saturated heterocycles. The number of benzene rings is 3. The average molecular weight is 486 g/mol. The van der Waals surface area contributed by atoms with Crippen LogP contribution in [0.2, 0.25) is 0 Å². The highest BCUT2D eigenvalue weighted by Crippen LogP contribution is 2.41. The third kappa shape index (κ3) is 4.24. The van der Waals surface area contributed by atoms with E-state index in [0.29, 0.717) is 23.1 Å². The van der Waals surface area contributed by atoms with E-state index in [9.17, 15) is 19.1 Å². The van der Waals surface area contributed by atoms with Crippen LogP contribution in [0, 0.1) is 5.82 Å². The molecular weight excluding hydrogens is 461 g/mol. The predicted molar refractivity (Wildman–Crippen MR) is 135 cm³/mol. The van der Waals surface area contributed by atoms with Crippen LogP contribution in [-0.4, -0.2) is 22.7 Å². The van der Waals surface area contributed by atoms with Crippen molar-refractivity contribution in [3.8, 4) is 5.75 Å². The summed E-state index contributed by atoms with van der Waals surface area (Å²) in [5.41, 5.74) is 2.11. The Kier molecular flexibility index (Phi) is 6.29. The van der Waals surface area contributed by atoms with Crippen molar-refractivity contribution < 1.29 is 23.4 Å². The number of H-pyrrole nitrogens is 1. The Labute approximate surface area is 206 Å². The molecule has 5 aromatic rings. The van der Waals surface area contributed by atoms with Crippen molar-refractivity contribution in [2.45, 2.75) is 25.7 Å². The van der Waals surface area contributed by atoms with Gasteiger partial charge >= 0.3 is 11.6 Å². The van der Waals surface area contributed by atoms with E-state index in [-0.39, 0.29) is 35.9 Å². The van der Waals surface area contributed by atoms with Crippen molar-refractivity contribution in [3.63, 3.8) is 0 Å². The molecule has 36 heavy (non-hydrogen) atoms. The smallest absolute Gasteiger partial charge is 0.344 e. The molecule has 3 aromatic carbocycles. The van der Waals surface area contributed by atoms with Crippen LogP contribution in [-0.2, 0) is 16.0 Å². The largest absolute Gasteiger partial charge is 0.507 e. The summed E-state index contributed by atoms with van der Waals surface area (Å²) in [6.45, 7) is 2.02. The molecule has 7 heteroatoms. The van der Waals surface area contributed by atoms with Gasteiger partial charge in [0, 0.05) is 23.0 Å². The van der Waals surface area contributed by atoms with Crippen molar-refractivity contribution in [1.82, 2.24) is 4.98 Å². The first-order valence-electron chi connectivity index (χ1n) is 11.7. The van der Waals surface area contributed by atoms with Gasteiger partial charge < -0.3 is 19.2 Å². The molecule has 1 atom stereocenters. The number of rotatable bonds is 7. The minimum absolute atomic E-state index is 0.0109.